The van der Waals surface area contributed by atoms with Crippen molar-refractivity contribution in [2.45, 2.75) is 31.3 Å². The van der Waals surface area contributed by atoms with Crippen LogP contribution in [0, 0.1) is 0 Å². The average Bonchev–Trinajstić information content (AvgIpc) is 3.08. The monoisotopic (exact) mass is 275 g/mol. The molecule has 104 valence electrons. The third-order valence-electron chi connectivity index (χ3n) is 2.67. The van der Waals surface area contributed by atoms with E-state index in [2.05, 4.69) is 10.1 Å². The molecular weight excluding hydrogens is 263 g/mol. The van der Waals surface area contributed by atoms with Crippen molar-refractivity contribution in [3.8, 4) is 5.75 Å². The standard InChI is InChI=1S/C12H12F3NO3/c13-12(14,15)19-9-5-1-7(2-6-9)10(11(17)18)16-8-3-4-8/h1-2,5-6,8,10,16H,3-4H2,(H,17,18). The molecule has 1 saturated carbocycles. The molecule has 1 aromatic rings. The summed E-state index contributed by atoms with van der Waals surface area (Å²) >= 11 is 0. The van der Waals surface area contributed by atoms with Crippen molar-refractivity contribution < 1.29 is 27.8 Å². The van der Waals surface area contributed by atoms with Gasteiger partial charge in [-0.2, -0.15) is 0 Å². The summed E-state index contributed by atoms with van der Waals surface area (Å²) in [6, 6.07) is 4.10. The van der Waals surface area contributed by atoms with Gasteiger partial charge in [-0.3, -0.25) is 10.1 Å². The van der Waals surface area contributed by atoms with Crippen LogP contribution >= 0.6 is 0 Å². The Bertz CT molecular complexity index is 454. The van der Waals surface area contributed by atoms with Crippen LogP contribution in [0.2, 0.25) is 0 Å². The van der Waals surface area contributed by atoms with Gasteiger partial charge in [-0.15, -0.1) is 13.2 Å². The van der Waals surface area contributed by atoms with Gasteiger partial charge < -0.3 is 9.84 Å². The van der Waals surface area contributed by atoms with E-state index in [4.69, 9.17) is 5.11 Å². The van der Waals surface area contributed by atoms with E-state index in [9.17, 15) is 18.0 Å². The lowest BCUT2D eigenvalue weighted by Crippen LogP contribution is -2.30. The van der Waals surface area contributed by atoms with Crippen LogP contribution in [-0.4, -0.2) is 23.5 Å². The number of carbonyl (C=O) groups is 1. The van der Waals surface area contributed by atoms with Crippen molar-refractivity contribution in [2.75, 3.05) is 0 Å². The zero-order valence-electron chi connectivity index (χ0n) is 9.78. The minimum atomic E-state index is -4.75. The van der Waals surface area contributed by atoms with Crippen LogP contribution in [0.5, 0.6) is 5.75 Å². The van der Waals surface area contributed by atoms with Gasteiger partial charge in [0.25, 0.3) is 0 Å². The van der Waals surface area contributed by atoms with E-state index < -0.39 is 18.4 Å². The Morgan fingerprint density at radius 3 is 2.32 bits per heavy atom. The third-order valence-corrected chi connectivity index (χ3v) is 2.67. The molecule has 0 bridgehead atoms. The number of halogens is 3. The van der Waals surface area contributed by atoms with E-state index in [0.29, 0.717) is 5.56 Å². The maximum absolute atomic E-state index is 12.0. The van der Waals surface area contributed by atoms with Crippen LogP contribution in [0.4, 0.5) is 13.2 Å². The van der Waals surface area contributed by atoms with Gasteiger partial charge in [-0.05, 0) is 30.5 Å². The van der Waals surface area contributed by atoms with Gasteiger partial charge in [0.2, 0.25) is 0 Å². The van der Waals surface area contributed by atoms with Crippen molar-refractivity contribution in [1.29, 1.82) is 0 Å². The first-order chi connectivity index (χ1) is 8.85. The van der Waals surface area contributed by atoms with Gasteiger partial charge in [-0.1, -0.05) is 12.1 Å². The summed E-state index contributed by atoms with van der Waals surface area (Å²) in [6.45, 7) is 0. The van der Waals surface area contributed by atoms with Gasteiger partial charge in [0.15, 0.2) is 0 Å². The Labute approximate surface area is 107 Å². The summed E-state index contributed by atoms with van der Waals surface area (Å²) in [5.74, 6) is -1.43. The van der Waals surface area contributed by atoms with E-state index >= 15 is 0 Å². The number of aliphatic carboxylic acids is 1. The molecule has 2 rings (SSSR count). The van der Waals surface area contributed by atoms with Gasteiger partial charge in [0.1, 0.15) is 11.8 Å². The highest BCUT2D eigenvalue weighted by atomic mass is 19.4. The minimum absolute atomic E-state index is 0.173. The maximum atomic E-state index is 12.0. The Morgan fingerprint density at radius 1 is 1.32 bits per heavy atom. The molecule has 1 atom stereocenters. The maximum Gasteiger partial charge on any atom is 0.573 e. The molecule has 1 aliphatic carbocycles. The first-order valence-corrected chi connectivity index (χ1v) is 5.70. The largest absolute Gasteiger partial charge is 0.573 e. The molecule has 4 nitrogen and oxygen atoms in total. The van der Waals surface area contributed by atoms with Crippen molar-refractivity contribution in [3.63, 3.8) is 0 Å². The molecule has 7 heteroatoms. The Morgan fingerprint density at radius 2 is 1.89 bits per heavy atom. The molecule has 0 radical (unpaired) electrons. The quantitative estimate of drug-likeness (QED) is 0.866. The third kappa shape index (κ3) is 4.13. The summed E-state index contributed by atoms with van der Waals surface area (Å²) in [7, 11) is 0. The molecule has 0 heterocycles. The van der Waals surface area contributed by atoms with Crippen molar-refractivity contribution in [1.82, 2.24) is 5.32 Å². The summed E-state index contributed by atoms with van der Waals surface area (Å²) in [6.07, 6.45) is -2.92. The highest BCUT2D eigenvalue weighted by Crippen LogP contribution is 2.27. The summed E-state index contributed by atoms with van der Waals surface area (Å²) in [4.78, 5) is 11.1. The fourth-order valence-corrected chi connectivity index (χ4v) is 1.66. The molecular formula is C12H12F3NO3. The fraction of sp³-hybridized carbons (Fsp3) is 0.417. The molecule has 2 N–H and O–H groups in total. The second kappa shape index (κ2) is 5.08. The molecule has 0 aliphatic heterocycles. The first-order valence-electron chi connectivity index (χ1n) is 5.70. The van der Waals surface area contributed by atoms with Crippen LogP contribution in [0.15, 0.2) is 24.3 Å². The smallest absolute Gasteiger partial charge is 0.480 e. The van der Waals surface area contributed by atoms with Gasteiger partial charge >= 0.3 is 12.3 Å². The first kappa shape index (κ1) is 13.7. The number of alkyl halides is 3. The predicted molar refractivity (Wildman–Crippen MR) is 59.7 cm³/mol. The molecule has 1 unspecified atom stereocenters. The van der Waals surface area contributed by atoms with Crippen molar-refractivity contribution >= 4 is 5.97 Å². The van der Waals surface area contributed by atoms with E-state index in [1.807, 2.05) is 0 Å². The van der Waals surface area contributed by atoms with Gasteiger partial charge in [0, 0.05) is 6.04 Å². The summed E-state index contributed by atoms with van der Waals surface area (Å²) in [5.41, 5.74) is 0.397. The number of hydrogen-bond acceptors (Lipinski definition) is 3. The highest BCUT2D eigenvalue weighted by molar-refractivity contribution is 5.75. The Balaban J connectivity index is 2.08. The number of carboxylic acid groups (broad SMARTS) is 1. The van der Waals surface area contributed by atoms with Crippen LogP contribution in [0.3, 0.4) is 0 Å². The van der Waals surface area contributed by atoms with Crippen molar-refractivity contribution in [2.24, 2.45) is 0 Å². The van der Waals surface area contributed by atoms with Crippen LogP contribution < -0.4 is 10.1 Å². The molecule has 1 fully saturated rings. The van der Waals surface area contributed by atoms with E-state index in [1.165, 1.54) is 12.1 Å². The highest BCUT2D eigenvalue weighted by Gasteiger charge is 2.32. The molecule has 1 aromatic carbocycles. The normalized spacial score (nSPS) is 17.0. The lowest BCUT2D eigenvalue weighted by Gasteiger charge is -2.15. The molecule has 0 amide bonds. The second-order valence-electron chi connectivity index (χ2n) is 4.33. The Kier molecular flexibility index (Phi) is 3.66. The van der Waals surface area contributed by atoms with E-state index in [0.717, 1.165) is 25.0 Å². The van der Waals surface area contributed by atoms with Crippen molar-refractivity contribution in [3.05, 3.63) is 29.8 Å². The Hall–Kier alpha value is -1.76. The zero-order valence-corrected chi connectivity index (χ0v) is 9.78. The summed E-state index contributed by atoms with van der Waals surface area (Å²) in [5, 5.41) is 12.0. The van der Waals surface area contributed by atoms with E-state index in [1.54, 1.807) is 0 Å². The summed E-state index contributed by atoms with van der Waals surface area (Å²) < 4.78 is 39.7. The minimum Gasteiger partial charge on any atom is -0.480 e. The molecule has 1 aliphatic rings. The van der Waals surface area contributed by atoms with Crippen LogP contribution in [0.1, 0.15) is 24.4 Å². The number of benzene rings is 1. The van der Waals surface area contributed by atoms with Crippen LogP contribution in [-0.2, 0) is 4.79 Å². The number of ether oxygens (including phenoxy) is 1. The second-order valence-corrected chi connectivity index (χ2v) is 4.33. The zero-order chi connectivity index (χ0) is 14.0. The number of carboxylic acids is 1. The molecule has 0 aromatic heterocycles. The van der Waals surface area contributed by atoms with Gasteiger partial charge in [-0.25, -0.2) is 0 Å². The number of hydrogen-bond donors (Lipinski definition) is 2. The molecule has 19 heavy (non-hydrogen) atoms. The molecule has 0 spiro atoms. The fourth-order valence-electron chi connectivity index (χ4n) is 1.66. The van der Waals surface area contributed by atoms with Crippen LogP contribution in [0.25, 0.3) is 0 Å². The SMILES string of the molecule is O=C(O)C(NC1CC1)c1ccc(OC(F)(F)F)cc1. The van der Waals surface area contributed by atoms with Gasteiger partial charge in [0.05, 0.1) is 0 Å². The average molecular weight is 275 g/mol. The number of nitrogens with one attached hydrogen (secondary N) is 1. The van der Waals surface area contributed by atoms with E-state index in [-0.39, 0.29) is 11.8 Å². The lowest BCUT2D eigenvalue weighted by molar-refractivity contribution is -0.274. The topological polar surface area (TPSA) is 58.6 Å². The number of rotatable bonds is 5. The molecule has 0 saturated heterocycles. The lowest BCUT2D eigenvalue weighted by atomic mass is 10.1. The predicted octanol–water partition coefficient (Wildman–Crippen LogP) is 2.46.